The van der Waals surface area contributed by atoms with Gasteiger partial charge in [-0.25, -0.2) is 0 Å². The Morgan fingerprint density at radius 1 is 1.50 bits per heavy atom. The van der Waals surface area contributed by atoms with Crippen molar-refractivity contribution in [1.82, 2.24) is 10.2 Å². The molecule has 0 bridgehead atoms. The second kappa shape index (κ2) is 6.41. The zero-order valence-corrected chi connectivity index (χ0v) is 11.8. The summed E-state index contributed by atoms with van der Waals surface area (Å²) in [5, 5.41) is 4.05. The second-order valence-electron chi connectivity index (χ2n) is 4.87. The highest BCUT2D eigenvalue weighted by Gasteiger charge is 2.23. The highest BCUT2D eigenvalue weighted by Crippen LogP contribution is 2.29. The lowest BCUT2D eigenvalue weighted by atomic mass is 10.1. The molecule has 1 atom stereocenters. The SMILES string of the molecule is CNCC1CCN(Cc2c(Cl)cccc2OC)C1. The molecule has 1 aromatic rings. The molecule has 0 aliphatic carbocycles. The number of hydrogen-bond donors (Lipinski definition) is 1. The molecule has 4 heteroatoms. The first kappa shape index (κ1) is 13.7. The van der Waals surface area contributed by atoms with Crippen LogP contribution >= 0.6 is 11.6 Å². The van der Waals surface area contributed by atoms with Gasteiger partial charge in [-0.15, -0.1) is 0 Å². The largest absolute Gasteiger partial charge is 0.496 e. The van der Waals surface area contributed by atoms with Crippen LogP contribution in [0.25, 0.3) is 0 Å². The van der Waals surface area contributed by atoms with Gasteiger partial charge in [0.2, 0.25) is 0 Å². The maximum absolute atomic E-state index is 6.27. The number of nitrogens with one attached hydrogen (secondary N) is 1. The van der Waals surface area contributed by atoms with Crippen LogP contribution in [0.3, 0.4) is 0 Å². The van der Waals surface area contributed by atoms with Gasteiger partial charge in [-0.3, -0.25) is 4.90 Å². The summed E-state index contributed by atoms with van der Waals surface area (Å²) in [6.45, 7) is 4.25. The van der Waals surface area contributed by atoms with Crippen LogP contribution in [0.2, 0.25) is 5.02 Å². The Balaban J connectivity index is 2.02. The molecule has 1 N–H and O–H groups in total. The molecule has 100 valence electrons. The average molecular weight is 269 g/mol. The van der Waals surface area contributed by atoms with Crippen LogP contribution in [0, 0.1) is 5.92 Å². The van der Waals surface area contributed by atoms with E-state index in [1.807, 2.05) is 25.2 Å². The highest BCUT2D eigenvalue weighted by molar-refractivity contribution is 6.31. The molecular weight excluding hydrogens is 248 g/mol. The number of rotatable bonds is 5. The summed E-state index contributed by atoms with van der Waals surface area (Å²) in [5.41, 5.74) is 1.10. The first-order valence-electron chi connectivity index (χ1n) is 6.43. The normalized spacial score (nSPS) is 20.3. The first-order valence-corrected chi connectivity index (χ1v) is 6.80. The Morgan fingerprint density at radius 2 is 2.33 bits per heavy atom. The molecule has 1 heterocycles. The lowest BCUT2D eigenvalue weighted by Gasteiger charge is -2.18. The summed E-state index contributed by atoms with van der Waals surface area (Å²) < 4.78 is 5.39. The second-order valence-corrected chi connectivity index (χ2v) is 5.28. The predicted octanol–water partition coefficient (Wildman–Crippen LogP) is 2.39. The van der Waals surface area contributed by atoms with E-state index in [-0.39, 0.29) is 0 Å². The summed E-state index contributed by atoms with van der Waals surface area (Å²) in [6.07, 6.45) is 1.26. The van der Waals surface area contributed by atoms with Crippen molar-refractivity contribution in [3.63, 3.8) is 0 Å². The van der Waals surface area contributed by atoms with Gasteiger partial charge in [-0.2, -0.15) is 0 Å². The van der Waals surface area contributed by atoms with E-state index < -0.39 is 0 Å². The van der Waals surface area contributed by atoms with E-state index >= 15 is 0 Å². The fraction of sp³-hybridized carbons (Fsp3) is 0.571. The van der Waals surface area contributed by atoms with E-state index in [2.05, 4.69) is 10.2 Å². The molecule has 0 spiro atoms. The number of methoxy groups -OCH3 is 1. The van der Waals surface area contributed by atoms with Gasteiger partial charge >= 0.3 is 0 Å². The van der Waals surface area contributed by atoms with Crippen molar-refractivity contribution in [3.05, 3.63) is 28.8 Å². The van der Waals surface area contributed by atoms with Gasteiger partial charge in [0.25, 0.3) is 0 Å². The summed E-state index contributed by atoms with van der Waals surface area (Å²) >= 11 is 6.27. The van der Waals surface area contributed by atoms with Crippen molar-refractivity contribution in [1.29, 1.82) is 0 Å². The molecule has 1 aliphatic heterocycles. The Bertz CT molecular complexity index is 397. The number of nitrogens with zero attached hydrogens (tertiary/aromatic N) is 1. The van der Waals surface area contributed by atoms with E-state index in [1.165, 1.54) is 6.42 Å². The van der Waals surface area contributed by atoms with Crippen LogP contribution in [0.15, 0.2) is 18.2 Å². The molecule has 0 saturated carbocycles. The fourth-order valence-electron chi connectivity index (χ4n) is 2.62. The van der Waals surface area contributed by atoms with Crippen molar-refractivity contribution in [2.24, 2.45) is 5.92 Å². The van der Waals surface area contributed by atoms with E-state index in [0.717, 1.165) is 48.4 Å². The van der Waals surface area contributed by atoms with Gasteiger partial charge in [0.1, 0.15) is 5.75 Å². The third-order valence-corrected chi connectivity index (χ3v) is 3.89. The number of likely N-dealkylation sites (tertiary alicyclic amines) is 1. The minimum Gasteiger partial charge on any atom is -0.496 e. The van der Waals surface area contributed by atoms with Gasteiger partial charge in [0.15, 0.2) is 0 Å². The van der Waals surface area contributed by atoms with Crippen molar-refractivity contribution in [3.8, 4) is 5.75 Å². The van der Waals surface area contributed by atoms with Crippen LogP contribution in [0.1, 0.15) is 12.0 Å². The third kappa shape index (κ3) is 3.16. The lowest BCUT2D eigenvalue weighted by molar-refractivity contribution is 0.307. The van der Waals surface area contributed by atoms with Crippen LogP contribution in [-0.2, 0) is 6.54 Å². The summed E-state index contributed by atoms with van der Waals surface area (Å²) in [6, 6.07) is 5.83. The molecule has 1 saturated heterocycles. The zero-order valence-electron chi connectivity index (χ0n) is 11.1. The maximum atomic E-state index is 6.27. The molecule has 1 aromatic carbocycles. The summed E-state index contributed by atoms with van der Waals surface area (Å²) in [5.74, 6) is 1.64. The Hall–Kier alpha value is -0.770. The molecule has 0 radical (unpaired) electrons. The smallest absolute Gasteiger partial charge is 0.124 e. The number of ether oxygens (including phenoxy) is 1. The predicted molar refractivity (Wildman–Crippen MR) is 75.3 cm³/mol. The minimum absolute atomic E-state index is 0.753. The van der Waals surface area contributed by atoms with Gasteiger partial charge in [0.05, 0.1) is 7.11 Å². The van der Waals surface area contributed by atoms with Gasteiger partial charge < -0.3 is 10.1 Å². The number of benzene rings is 1. The monoisotopic (exact) mass is 268 g/mol. The summed E-state index contributed by atoms with van der Waals surface area (Å²) in [4.78, 5) is 2.45. The first-order chi connectivity index (χ1) is 8.74. The molecule has 18 heavy (non-hydrogen) atoms. The Kier molecular flexibility index (Phi) is 4.87. The van der Waals surface area contributed by atoms with Crippen molar-refractivity contribution in [2.45, 2.75) is 13.0 Å². The van der Waals surface area contributed by atoms with E-state index in [9.17, 15) is 0 Å². The quantitative estimate of drug-likeness (QED) is 0.888. The van der Waals surface area contributed by atoms with Crippen molar-refractivity contribution in [2.75, 3.05) is 33.8 Å². The molecule has 1 unspecified atom stereocenters. The molecule has 2 rings (SSSR count). The highest BCUT2D eigenvalue weighted by atomic mass is 35.5. The molecule has 0 aromatic heterocycles. The van der Waals surface area contributed by atoms with Crippen LogP contribution in [0.5, 0.6) is 5.75 Å². The lowest BCUT2D eigenvalue weighted by Crippen LogP contribution is -2.24. The Labute approximate surface area is 114 Å². The van der Waals surface area contributed by atoms with Gasteiger partial charge in [0, 0.05) is 23.7 Å². The molecule has 1 fully saturated rings. The molecule has 3 nitrogen and oxygen atoms in total. The molecule has 1 aliphatic rings. The minimum atomic E-state index is 0.753. The summed E-state index contributed by atoms with van der Waals surface area (Å²) in [7, 11) is 3.71. The maximum Gasteiger partial charge on any atom is 0.124 e. The van der Waals surface area contributed by atoms with Crippen molar-refractivity contribution >= 4 is 11.6 Å². The number of halogens is 1. The van der Waals surface area contributed by atoms with Crippen LogP contribution < -0.4 is 10.1 Å². The topological polar surface area (TPSA) is 24.5 Å². The molecule has 0 amide bonds. The van der Waals surface area contributed by atoms with E-state index in [4.69, 9.17) is 16.3 Å². The van der Waals surface area contributed by atoms with Crippen LogP contribution in [0.4, 0.5) is 0 Å². The standard InChI is InChI=1S/C14H21ClN2O/c1-16-8-11-6-7-17(9-11)10-12-13(15)4-3-5-14(12)18-2/h3-5,11,16H,6-10H2,1-2H3. The van der Waals surface area contributed by atoms with E-state index in [0.29, 0.717) is 0 Å². The Morgan fingerprint density at radius 3 is 3.06 bits per heavy atom. The zero-order chi connectivity index (χ0) is 13.0. The fourth-order valence-corrected chi connectivity index (χ4v) is 2.84. The average Bonchev–Trinajstić information content (AvgIpc) is 2.80. The number of hydrogen-bond acceptors (Lipinski definition) is 3. The van der Waals surface area contributed by atoms with Gasteiger partial charge in [-0.1, -0.05) is 17.7 Å². The third-order valence-electron chi connectivity index (χ3n) is 3.54. The van der Waals surface area contributed by atoms with Crippen LogP contribution in [-0.4, -0.2) is 38.7 Å². The molecular formula is C14H21ClN2O. The van der Waals surface area contributed by atoms with Gasteiger partial charge in [-0.05, 0) is 44.6 Å². The van der Waals surface area contributed by atoms with E-state index in [1.54, 1.807) is 7.11 Å². The van der Waals surface area contributed by atoms with Crippen molar-refractivity contribution < 1.29 is 4.74 Å².